The van der Waals surface area contributed by atoms with Crippen LogP contribution in [0.1, 0.15) is 32.4 Å². The van der Waals surface area contributed by atoms with E-state index in [2.05, 4.69) is 31.0 Å². The summed E-state index contributed by atoms with van der Waals surface area (Å²) in [6.07, 6.45) is 6.43. The normalized spacial score (nSPS) is 16.9. The van der Waals surface area contributed by atoms with Gasteiger partial charge in [-0.15, -0.1) is 0 Å². The zero-order valence-electron chi connectivity index (χ0n) is 8.75. The molecule has 72 valence electrons. The first-order chi connectivity index (χ1) is 6.77. The Kier molecular flexibility index (Phi) is 2.49. The van der Waals surface area contributed by atoms with Crippen molar-refractivity contribution in [1.29, 1.82) is 0 Å². The van der Waals surface area contributed by atoms with Gasteiger partial charge in [-0.05, 0) is 50.0 Å². The van der Waals surface area contributed by atoms with E-state index in [4.69, 9.17) is 0 Å². The van der Waals surface area contributed by atoms with E-state index in [9.17, 15) is 0 Å². The molecule has 0 atom stereocenters. The second-order valence-electron chi connectivity index (χ2n) is 3.87. The highest BCUT2D eigenvalue weighted by Gasteiger charge is 2.10. The maximum absolute atomic E-state index is 4.39. The predicted molar refractivity (Wildman–Crippen MR) is 59.8 cm³/mol. The standard InChI is InChI=1S/C13H15N/c1-10-6-7-12(11(2)9-10)13-5-3-4-8-14-13/h3-5,8-9H,6-7H2,1-2H3. The molecule has 0 spiro atoms. The van der Waals surface area contributed by atoms with Crippen LogP contribution in [0, 0.1) is 0 Å². The predicted octanol–water partition coefficient (Wildman–Crippen LogP) is 3.60. The minimum atomic E-state index is 1.13. The molecule has 14 heavy (non-hydrogen) atoms. The fourth-order valence-electron chi connectivity index (χ4n) is 1.92. The molecule has 0 amide bonds. The molecule has 1 aliphatic carbocycles. The van der Waals surface area contributed by atoms with Crippen molar-refractivity contribution in [3.8, 4) is 0 Å². The highest BCUT2D eigenvalue weighted by molar-refractivity contribution is 5.69. The van der Waals surface area contributed by atoms with E-state index in [1.54, 1.807) is 0 Å². The van der Waals surface area contributed by atoms with Crippen molar-refractivity contribution in [2.75, 3.05) is 0 Å². The highest BCUT2D eigenvalue weighted by Crippen LogP contribution is 2.29. The molecule has 0 unspecified atom stereocenters. The van der Waals surface area contributed by atoms with Gasteiger partial charge in [0, 0.05) is 6.20 Å². The van der Waals surface area contributed by atoms with E-state index in [0.717, 1.165) is 12.1 Å². The van der Waals surface area contributed by atoms with Crippen LogP contribution in [0.4, 0.5) is 0 Å². The second-order valence-corrected chi connectivity index (χ2v) is 3.87. The largest absolute Gasteiger partial charge is 0.257 e. The topological polar surface area (TPSA) is 12.9 Å². The Hall–Kier alpha value is -1.37. The van der Waals surface area contributed by atoms with Crippen molar-refractivity contribution in [3.05, 3.63) is 47.3 Å². The average Bonchev–Trinajstić information content (AvgIpc) is 2.19. The molecule has 1 aromatic rings. The van der Waals surface area contributed by atoms with Crippen molar-refractivity contribution >= 4 is 5.57 Å². The number of pyridine rings is 1. The van der Waals surface area contributed by atoms with Gasteiger partial charge in [0.2, 0.25) is 0 Å². The van der Waals surface area contributed by atoms with E-state index in [0.29, 0.717) is 0 Å². The van der Waals surface area contributed by atoms with Gasteiger partial charge in [0.15, 0.2) is 0 Å². The van der Waals surface area contributed by atoms with Crippen LogP contribution in [0.25, 0.3) is 5.57 Å². The Morgan fingerprint density at radius 2 is 2.00 bits per heavy atom. The zero-order valence-corrected chi connectivity index (χ0v) is 8.75. The maximum Gasteiger partial charge on any atom is 0.0664 e. The minimum absolute atomic E-state index is 1.13. The molecule has 2 rings (SSSR count). The third kappa shape index (κ3) is 1.77. The number of aromatic nitrogens is 1. The van der Waals surface area contributed by atoms with Gasteiger partial charge < -0.3 is 0 Å². The lowest BCUT2D eigenvalue weighted by molar-refractivity contribution is 0.954. The van der Waals surface area contributed by atoms with Gasteiger partial charge in [-0.2, -0.15) is 0 Å². The monoisotopic (exact) mass is 185 g/mol. The second kappa shape index (κ2) is 3.79. The first-order valence-corrected chi connectivity index (χ1v) is 5.05. The fraction of sp³-hybridized carbons (Fsp3) is 0.308. The molecule has 0 fully saturated rings. The number of nitrogens with zero attached hydrogens (tertiary/aromatic N) is 1. The summed E-state index contributed by atoms with van der Waals surface area (Å²) in [7, 11) is 0. The average molecular weight is 185 g/mol. The molecular formula is C13H15N. The van der Waals surface area contributed by atoms with Gasteiger partial charge in [0.1, 0.15) is 0 Å². The minimum Gasteiger partial charge on any atom is -0.257 e. The van der Waals surface area contributed by atoms with E-state index in [1.807, 2.05) is 18.3 Å². The Balaban J connectivity index is 2.41. The molecule has 1 heterocycles. The first kappa shape index (κ1) is 9.20. The van der Waals surface area contributed by atoms with E-state index < -0.39 is 0 Å². The Labute approximate surface area is 85.2 Å². The lowest BCUT2D eigenvalue weighted by atomic mass is 9.92. The SMILES string of the molecule is CC1=CC(C)=C(c2ccccn2)CC1. The van der Waals surface area contributed by atoms with Gasteiger partial charge in [-0.1, -0.05) is 17.7 Å². The van der Waals surface area contributed by atoms with Crippen molar-refractivity contribution in [2.24, 2.45) is 0 Å². The number of allylic oxidation sites excluding steroid dienone is 4. The van der Waals surface area contributed by atoms with Crippen LogP contribution in [0.2, 0.25) is 0 Å². The summed E-state index contributed by atoms with van der Waals surface area (Å²) in [5, 5.41) is 0. The molecule has 0 radical (unpaired) electrons. The van der Waals surface area contributed by atoms with Crippen LogP contribution in [-0.2, 0) is 0 Å². The van der Waals surface area contributed by atoms with E-state index in [1.165, 1.54) is 23.1 Å². The van der Waals surface area contributed by atoms with E-state index in [-0.39, 0.29) is 0 Å². The maximum atomic E-state index is 4.39. The Morgan fingerprint density at radius 3 is 2.64 bits per heavy atom. The molecule has 0 saturated heterocycles. The van der Waals surface area contributed by atoms with Crippen molar-refractivity contribution in [1.82, 2.24) is 4.98 Å². The molecule has 0 N–H and O–H groups in total. The van der Waals surface area contributed by atoms with Crippen LogP contribution < -0.4 is 0 Å². The summed E-state index contributed by atoms with van der Waals surface area (Å²) < 4.78 is 0. The van der Waals surface area contributed by atoms with Crippen LogP contribution in [0.3, 0.4) is 0 Å². The summed E-state index contributed by atoms with van der Waals surface area (Å²) in [6.45, 7) is 4.37. The van der Waals surface area contributed by atoms with Crippen molar-refractivity contribution < 1.29 is 0 Å². The lowest BCUT2D eigenvalue weighted by Crippen LogP contribution is -1.97. The number of rotatable bonds is 1. The van der Waals surface area contributed by atoms with Crippen LogP contribution >= 0.6 is 0 Å². The van der Waals surface area contributed by atoms with Crippen LogP contribution in [-0.4, -0.2) is 4.98 Å². The Bertz CT molecular complexity index is 385. The Morgan fingerprint density at radius 1 is 1.14 bits per heavy atom. The van der Waals surface area contributed by atoms with Crippen molar-refractivity contribution in [2.45, 2.75) is 26.7 Å². The van der Waals surface area contributed by atoms with Crippen LogP contribution in [0.5, 0.6) is 0 Å². The molecule has 1 aromatic heterocycles. The summed E-state index contributed by atoms with van der Waals surface area (Å²) in [5.41, 5.74) is 5.37. The molecule has 0 aliphatic heterocycles. The molecular weight excluding hydrogens is 170 g/mol. The van der Waals surface area contributed by atoms with Gasteiger partial charge in [-0.3, -0.25) is 4.98 Å². The summed E-state index contributed by atoms with van der Waals surface area (Å²) >= 11 is 0. The third-order valence-electron chi connectivity index (χ3n) is 2.68. The smallest absolute Gasteiger partial charge is 0.0664 e. The first-order valence-electron chi connectivity index (χ1n) is 5.05. The van der Waals surface area contributed by atoms with Gasteiger partial charge in [0.05, 0.1) is 5.69 Å². The number of hydrogen-bond acceptors (Lipinski definition) is 1. The zero-order chi connectivity index (χ0) is 9.97. The van der Waals surface area contributed by atoms with Gasteiger partial charge in [-0.25, -0.2) is 0 Å². The molecule has 0 bridgehead atoms. The quantitative estimate of drug-likeness (QED) is 0.651. The molecule has 1 heteroatoms. The van der Waals surface area contributed by atoms with Crippen molar-refractivity contribution in [3.63, 3.8) is 0 Å². The summed E-state index contributed by atoms with van der Waals surface area (Å²) in [6, 6.07) is 6.10. The highest BCUT2D eigenvalue weighted by atomic mass is 14.7. The fourth-order valence-corrected chi connectivity index (χ4v) is 1.92. The van der Waals surface area contributed by atoms with E-state index >= 15 is 0 Å². The van der Waals surface area contributed by atoms with Gasteiger partial charge >= 0.3 is 0 Å². The van der Waals surface area contributed by atoms with Crippen LogP contribution in [0.15, 0.2) is 41.6 Å². The number of hydrogen-bond donors (Lipinski definition) is 0. The molecule has 1 nitrogen and oxygen atoms in total. The molecule has 0 aromatic carbocycles. The lowest BCUT2D eigenvalue weighted by Gasteiger charge is -2.15. The summed E-state index contributed by atoms with van der Waals surface area (Å²) in [4.78, 5) is 4.39. The summed E-state index contributed by atoms with van der Waals surface area (Å²) in [5.74, 6) is 0. The molecule has 1 aliphatic rings. The van der Waals surface area contributed by atoms with Gasteiger partial charge in [0.25, 0.3) is 0 Å². The molecule has 0 saturated carbocycles. The third-order valence-corrected chi connectivity index (χ3v) is 2.68.